The van der Waals surface area contributed by atoms with Gasteiger partial charge in [-0.25, -0.2) is 4.98 Å². The third-order valence-electron chi connectivity index (χ3n) is 14.7. The van der Waals surface area contributed by atoms with E-state index in [1.165, 1.54) is 16.7 Å². The maximum Gasteiger partial charge on any atom is 0.135 e. The molecule has 0 atom stereocenters. The average molecular weight is 1120 g/mol. The molecule has 0 spiro atoms. The minimum absolute atomic E-state index is 0. The van der Waals surface area contributed by atoms with Crippen molar-refractivity contribution in [3.63, 3.8) is 0 Å². The third-order valence-corrected chi connectivity index (χ3v) is 14.7. The van der Waals surface area contributed by atoms with Crippen LogP contribution in [0.2, 0.25) is 0 Å². The molecule has 5 nitrogen and oxygen atoms in total. The molecule has 1 aliphatic heterocycles. The van der Waals surface area contributed by atoms with Crippen LogP contribution < -0.4 is 14.5 Å². The summed E-state index contributed by atoms with van der Waals surface area (Å²) in [4.78, 5) is 9.11. The van der Waals surface area contributed by atoms with Crippen molar-refractivity contribution >= 4 is 44.6 Å². The SMILES string of the molecule is [2H]c1c([2H])c(-c2ccccc2)c([2H])c(-c2cccc(-c3ccc4c(c3)C(C)(C)CCC4(C)C)c2N2[CH-]N(c3[c-]c(Oc4[c-]c5c(cc4)c4ccccc4n5-c4cc(C(C)(C)C)ccn4)ccc3)c3ccccc32)c1[2H].[Pt]. The van der Waals surface area contributed by atoms with Crippen LogP contribution in [0.25, 0.3) is 61.0 Å². The Labute approximate surface area is 444 Å². The number of pyridine rings is 1. The van der Waals surface area contributed by atoms with Crippen molar-refractivity contribution < 1.29 is 31.3 Å². The van der Waals surface area contributed by atoms with Crippen LogP contribution in [0.3, 0.4) is 0 Å². The second kappa shape index (κ2) is 18.1. The number of ether oxygens (including phenoxy) is 1. The van der Waals surface area contributed by atoms with Gasteiger partial charge in [-0.1, -0.05) is 169 Å². The predicted molar refractivity (Wildman–Crippen MR) is 295 cm³/mol. The Hall–Kier alpha value is -7.20. The van der Waals surface area contributed by atoms with E-state index < -0.39 is 0 Å². The Morgan fingerprint density at radius 3 is 2.08 bits per heavy atom. The van der Waals surface area contributed by atoms with E-state index in [0.29, 0.717) is 33.8 Å². The van der Waals surface area contributed by atoms with Gasteiger partial charge in [-0.05, 0) is 110 Å². The monoisotopic (exact) mass is 1120 g/mol. The van der Waals surface area contributed by atoms with Gasteiger partial charge in [0.2, 0.25) is 0 Å². The van der Waals surface area contributed by atoms with Crippen LogP contribution in [0.4, 0.5) is 22.7 Å². The molecule has 6 heteroatoms. The smallest absolute Gasteiger partial charge is 0.135 e. The summed E-state index contributed by atoms with van der Waals surface area (Å²) in [5.74, 6) is 1.86. The van der Waals surface area contributed by atoms with E-state index in [9.17, 15) is 4.11 Å². The summed E-state index contributed by atoms with van der Waals surface area (Å²) in [7, 11) is 0. The molecule has 3 heterocycles. The molecule has 0 bridgehead atoms. The van der Waals surface area contributed by atoms with Gasteiger partial charge in [0.15, 0.2) is 0 Å². The second-order valence-electron chi connectivity index (χ2n) is 21.3. The molecule has 0 N–H and O–H groups in total. The fourth-order valence-electron chi connectivity index (χ4n) is 10.6. The molecule has 1 aliphatic carbocycles. The molecule has 72 heavy (non-hydrogen) atoms. The first-order chi connectivity index (χ1) is 36.0. The van der Waals surface area contributed by atoms with E-state index in [1.54, 1.807) is 0 Å². The molecule has 0 saturated carbocycles. The number of anilines is 4. The molecule has 360 valence electrons. The Morgan fingerprint density at radius 2 is 1.29 bits per heavy atom. The average Bonchev–Trinajstić information content (AvgIpc) is 3.98. The Balaban J connectivity index is 0.00000616. The molecule has 12 rings (SSSR count). The van der Waals surface area contributed by atoms with Gasteiger partial charge in [0.25, 0.3) is 0 Å². The van der Waals surface area contributed by atoms with Crippen LogP contribution in [0.5, 0.6) is 11.5 Å². The number of hydrogen-bond acceptors (Lipinski definition) is 4. The number of rotatable bonds is 8. The van der Waals surface area contributed by atoms with E-state index in [2.05, 4.69) is 160 Å². The molecule has 0 radical (unpaired) electrons. The van der Waals surface area contributed by atoms with E-state index in [1.807, 2.05) is 85.1 Å². The summed E-state index contributed by atoms with van der Waals surface area (Å²) in [6.07, 6.45) is 4.04. The van der Waals surface area contributed by atoms with Crippen LogP contribution in [-0.4, -0.2) is 9.55 Å². The summed E-state index contributed by atoms with van der Waals surface area (Å²) < 4.78 is 46.6. The van der Waals surface area contributed by atoms with Gasteiger partial charge < -0.3 is 19.1 Å². The summed E-state index contributed by atoms with van der Waals surface area (Å²) in [5.41, 5.74) is 12.7. The van der Waals surface area contributed by atoms with Crippen LogP contribution in [-0.2, 0) is 37.3 Å². The van der Waals surface area contributed by atoms with Gasteiger partial charge in [-0.2, -0.15) is 12.1 Å². The fourth-order valence-corrected chi connectivity index (χ4v) is 10.6. The Bertz CT molecular complexity index is 3920. The Morgan fingerprint density at radius 1 is 0.611 bits per heavy atom. The largest absolute Gasteiger partial charge is 0.509 e. The van der Waals surface area contributed by atoms with Gasteiger partial charge in [-0.3, -0.25) is 0 Å². The van der Waals surface area contributed by atoms with Crippen molar-refractivity contribution in [1.29, 1.82) is 0 Å². The topological polar surface area (TPSA) is 33.5 Å². The van der Waals surface area contributed by atoms with Crippen molar-refractivity contribution in [3.05, 3.63) is 224 Å². The van der Waals surface area contributed by atoms with Gasteiger partial charge >= 0.3 is 0 Å². The second-order valence-corrected chi connectivity index (χ2v) is 21.3. The fraction of sp³-hybridized carbons (Fsp3) is 0.182. The molecule has 2 aromatic heterocycles. The van der Waals surface area contributed by atoms with Gasteiger partial charge in [0.05, 0.1) is 5.48 Å². The molecule has 0 amide bonds. The molecular formula is C66H57N4OPt-3. The number of benzene rings is 8. The number of para-hydroxylation sites is 4. The van der Waals surface area contributed by atoms with Crippen LogP contribution in [0.15, 0.2) is 188 Å². The van der Waals surface area contributed by atoms with Crippen molar-refractivity contribution in [1.82, 2.24) is 9.55 Å². The van der Waals surface area contributed by atoms with Crippen molar-refractivity contribution in [3.8, 4) is 50.7 Å². The van der Waals surface area contributed by atoms with Crippen molar-refractivity contribution in [2.75, 3.05) is 9.80 Å². The normalized spacial score (nSPS) is 15.5. The zero-order chi connectivity index (χ0) is 52.1. The van der Waals surface area contributed by atoms with E-state index in [0.717, 1.165) is 74.3 Å². The van der Waals surface area contributed by atoms with E-state index in [-0.39, 0.29) is 61.5 Å². The first kappa shape index (κ1) is 42.5. The number of fused-ring (bicyclic) bond motifs is 5. The van der Waals surface area contributed by atoms with Crippen LogP contribution >= 0.6 is 0 Å². The molecule has 0 saturated heterocycles. The summed E-state index contributed by atoms with van der Waals surface area (Å²) in [6, 6.07) is 59.8. The zero-order valence-corrected chi connectivity index (χ0v) is 43.9. The van der Waals surface area contributed by atoms with E-state index >= 15 is 0 Å². The maximum absolute atomic E-state index is 9.87. The minimum atomic E-state index is -0.225. The molecular weight excluding hydrogens is 1060 g/mol. The van der Waals surface area contributed by atoms with Gasteiger partial charge in [0.1, 0.15) is 5.82 Å². The quantitative estimate of drug-likeness (QED) is 0.142. The van der Waals surface area contributed by atoms with Crippen LogP contribution in [0, 0.1) is 18.8 Å². The van der Waals surface area contributed by atoms with Gasteiger partial charge in [0, 0.05) is 72.5 Å². The standard InChI is InChI=1S/C66H57N4O.Pt/c1-64(2,3)48-34-37-67-62(40-48)70-58-27-12-11-24-54(58)55-32-31-51(42-61(55)70)71-50-23-16-22-49(41-50)68-43-69(60-29-14-13-28-59(60)68)63-52(46-21-15-20-45(38-46)44-18-9-8-10-19-44)25-17-26-53(63)47-30-33-56-57(39-47)66(6,7)36-35-65(56,4)5;/h8-34,37-40,43H,35-36H2,1-7H3;/q-3;/i15D,20D,21D,38D;. The molecule has 8 aromatic carbocycles. The van der Waals surface area contributed by atoms with Crippen molar-refractivity contribution in [2.24, 2.45) is 0 Å². The molecule has 0 unspecified atom stereocenters. The maximum atomic E-state index is 9.87. The first-order valence-corrected chi connectivity index (χ1v) is 24.6. The minimum Gasteiger partial charge on any atom is -0.509 e. The summed E-state index contributed by atoms with van der Waals surface area (Å²) in [5, 5.41) is 2.15. The van der Waals surface area contributed by atoms with Crippen molar-refractivity contribution in [2.45, 2.75) is 77.6 Å². The predicted octanol–water partition coefficient (Wildman–Crippen LogP) is 17.6. The molecule has 2 aliphatic rings. The summed E-state index contributed by atoms with van der Waals surface area (Å²) in [6.45, 7) is 18.0. The summed E-state index contributed by atoms with van der Waals surface area (Å²) >= 11 is 0. The number of aromatic nitrogens is 2. The first-order valence-electron chi connectivity index (χ1n) is 26.6. The third kappa shape index (κ3) is 8.32. The zero-order valence-electron chi connectivity index (χ0n) is 45.6. The van der Waals surface area contributed by atoms with E-state index in [4.69, 9.17) is 11.1 Å². The Kier molecular flexibility index (Phi) is 10.7. The number of nitrogens with zero attached hydrogens (tertiary/aromatic N) is 4. The number of hydrogen-bond donors (Lipinski definition) is 0. The molecule has 0 fully saturated rings. The van der Waals surface area contributed by atoms with Crippen LogP contribution in [0.1, 0.15) is 83.5 Å². The molecule has 10 aromatic rings. The van der Waals surface area contributed by atoms with Gasteiger partial charge in [-0.15, -0.1) is 48.1 Å².